The number of nitrogens with zero attached hydrogens (tertiary/aromatic N) is 2. The molecule has 3 aromatic carbocycles. The van der Waals surface area contributed by atoms with E-state index >= 15 is 0 Å². The summed E-state index contributed by atoms with van der Waals surface area (Å²) in [7, 11) is 0. The number of Topliss-reactive ketones (excluding diaryl/α,β-unsaturated/α-hetero) is 1. The molecule has 238 valence electrons. The van der Waals surface area contributed by atoms with Gasteiger partial charge in [-0.15, -0.1) is 0 Å². The number of nitrogens with one attached hydrogen (secondary N) is 1. The second-order valence-electron chi connectivity index (χ2n) is 11.7. The second kappa shape index (κ2) is 15.8. The molecule has 0 radical (unpaired) electrons. The van der Waals surface area contributed by atoms with Crippen molar-refractivity contribution in [2.45, 2.75) is 57.5 Å². The molecule has 1 aromatic heterocycles. The first-order chi connectivity index (χ1) is 22.3. The predicted molar refractivity (Wildman–Crippen MR) is 174 cm³/mol. The minimum absolute atomic E-state index is 0.0403. The first kappa shape index (κ1) is 32.4. The molecule has 0 bridgehead atoms. The Morgan fingerprint density at radius 3 is 2.33 bits per heavy atom. The van der Waals surface area contributed by atoms with E-state index in [2.05, 4.69) is 10.3 Å². The van der Waals surface area contributed by atoms with Crippen molar-refractivity contribution in [1.29, 1.82) is 0 Å². The van der Waals surface area contributed by atoms with Gasteiger partial charge in [-0.3, -0.25) is 14.7 Å². The quantitative estimate of drug-likeness (QED) is 0.182. The molecule has 0 spiro atoms. The number of benzene rings is 3. The van der Waals surface area contributed by atoms with E-state index in [4.69, 9.17) is 9.47 Å². The zero-order valence-corrected chi connectivity index (χ0v) is 25.8. The lowest BCUT2D eigenvalue weighted by molar-refractivity contribution is -0.126. The second-order valence-corrected chi connectivity index (χ2v) is 11.7. The fourth-order valence-electron chi connectivity index (χ4n) is 5.72. The number of aromatic nitrogens is 1. The van der Waals surface area contributed by atoms with Crippen molar-refractivity contribution >= 4 is 23.7 Å². The minimum Gasteiger partial charge on any atom is -0.445 e. The third-order valence-electron chi connectivity index (χ3n) is 8.08. The molecule has 1 aliphatic heterocycles. The fourth-order valence-corrected chi connectivity index (χ4v) is 5.72. The summed E-state index contributed by atoms with van der Waals surface area (Å²) in [6.45, 7) is 2.11. The molecule has 0 aliphatic carbocycles. The molecule has 1 saturated heterocycles. The number of rotatable bonds is 14. The van der Waals surface area contributed by atoms with Crippen LogP contribution in [0.2, 0.25) is 0 Å². The smallest absolute Gasteiger partial charge is 0.415 e. The Balaban J connectivity index is 1.28. The molecule has 1 unspecified atom stereocenters. The summed E-state index contributed by atoms with van der Waals surface area (Å²) in [6, 6.07) is 29.7. The zero-order valence-electron chi connectivity index (χ0n) is 25.8. The molecule has 5 rings (SSSR count). The summed E-state index contributed by atoms with van der Waals surface area (Å²) < 4.78 is 11.0. The van der Waals surface area contributed by atoms with Crippen LogP contribution in [0.4, 0.5) is 15.3 Å². The maximum Gasteiger partial charge on any atom is 0.415 e. The molecule has 9 nitrogen and oxygen atoms in total. The number of amides is 2. The number of hydrogen-bond acceptors (Lipinski definition) is 7. The Kier molecular flexibility index (Phi) is 11.1. The highest BCUT2D eigenvalue weighted by atomic mass is 16.6. The summed E-state index contributed by atoms with van der Waals surface area (Å²) >= 11 is 0. The van der Waals surface area contributed by atoms with E-state index in [1.165, 1.54) is 4.90 Å². The molecule has 9 heteroatoms. The van der Waals surface area contributed by atoms with Gasteiger partial charge in [0, 0.05) is 30.1 Å². The molecule has 2 N–H and O–H groups in total. The molecule has 46 heavy (non-hydrogen) atoms. The number of hydrogen-bond donors (Lipinski definition) is 2. The lowest BCUT2D eigenvalue weighted by Crippen LogP contribution is -2.46. The van der Waals surface area contributed by atoms with Crippen LogP contribution >= 0.6 is 0 Å². The van der Waals surface area contributed by atoms with Gasteiger partial charge in [0.05, 0.1) is 18.7 Å². The number of pyridine rings is 1. The van der Waals surface area contributed by atoms with Gasteiger partial charge in [0.15, 0.2) is 11.9 Å². The Bertz CT molecular complexity index is 1580. The van der Waals surface area contributed by atoms with Gasteiger partial charge in [0.2, 0.25) is 0 Å². The number of carbonyl (C=O) groups is 3. The number of aliphatic hydroxyl groups excluding tert-OH is 1. The molecular weight excluding hydrogens is 582 g/mol. The number of aryl methyl sites for hydroxylation is 1. The number of ketones is 1. The molecule has 2 heterocycles. The van der Waals surface area contributed by atoms with Gasteiger partial charge in [-0.05, 0) is 67.0 Å². The number of carbonyl (C=O) groups excluding carboxylic acids is 3. The van der Waals surface area contributed by atoms with Crippen LogP contribution in [0, 0.1) is 12.8 Å². The number of alkyl carbamates (subject to hydrolysis) is 1. The largest absolute Gasteiger partial charge is 0.445 e. The van der Waals surface area contributed by atoms with Crippen molar-refractivity contribution < 1.29 is 29.0 Å². The average Bonchev–Trinajstić information content (AvgIpc) is 3.46. The first-order valence-electron chi connectivity index (χ1n) is 15.5. The van der Waals surface area contributed by atoms with Crippen molar-refractivity contribution in [2.24, 2.45) is 5.92 Å². The monoisotopic (exact) mass is 621 g/mol. The Morgan fingerprint density at radius 2 is 1.65 bits per heavy atom. The summed E-state index contributed by atoms with van der Waals surface area (Å²) in [5.41, 5.74) is 4.37. The fraction of sp³-hybridized carbons (Fsp3) is 0.297. The van der Waals surface area contributed by atoms with E-state index in [1.54, 1.807) is 18.5 Å². The van der Waals surface area contributed by atoms with E-state index in [-0.39, 0.29) is 37.7 Å². The van der Waals surface area contributed by atoms with Crippen molar-refractivity contribution in [3.05, 3.63) is 132 Å². The molecule has 4 aromatic rings. The lowest BCUT2D eigenvalue weighted by Gasteiger charge is -2.28. The van der Waals surface area contributed by atoms with Crippen molar-refractivity contribution in [2.75, 3.05) is 11.4 Å². The van der Waals surface area contributed by atoms with E-state index in [0.29, 0.717) is 18.5 Å². The van der Waals surface area contributed by atoms with Crippen LogP contribution in [-0.4, -0.2) is 52.9 Å². The maximum atomic E-state index is 13.6. The third-order valence-corrected chi connectivity index (χ3v) is 8.08. The molecule has 0 saturated carbocycles. The number of ether oxygens (including phenoxy) is 2. The van der Waals surface area contributed by atoms with Gasteiger partial charge in [0.25, 0.3) is 0 Å². The Hall–Kier alpha value is -5.02. The summed E-state index contributed by atoms with van der Waals surface area (Å²) in [6.07, 6.45) is 1.34. The molecule has 2 amide bonds. The lowest BCUT2D eigenvalue weighted by atomic mass is 9.85. The van der Waals surface area contributed by atoms with Crippen LogP contribution in [0.15, 0.2) is 109 Å². The van der Waals surface area contributed by atoms with Crippen LogP contribution in [0.1, 0.15) is 35.1 Å². The highest BCUT2D eigenvalue weighted by Crippen LogP contribution is 2.27. The van der Waals surface area contributed by atoms with E-state index in [1.807, 2.05) is 97.9 Å². The van der Waals surface area contributed by atoms with Crippen molar-refractivity contribution in [3.8, 4) is 0 Å². The molecular formula is C37H39N3O6. The highest BCUT2D eigenvalue weighted by Gasteiger charge is 2.38. The van der Waals surface area contributed by atoms with E-state index in [0.717, 1.165) is 22.3 Å². The van der Waals surface area contributed by atoms with Crippen LogP contribution in [-0.2, 0) is 33.7 Å². The van der Waals surface area contributed by atoms with Gasteiger partial charge >= 0.3 is 12.2 Å². The summed E-state index contributed by atoms with van der Waals surface area (Å²) in [4.78, 5) is 44.7. The predicted octanol–water partition coefficient (Wildman–Crippen LogP) is 5.82. The van der Waals surface area contributed by atoms with Crippen molar-refractivity contribution in [1.82, 2.24) is 10.3 Å². The van der Waals surface area contributed by atoms with Gasteiger partial charge < -0.3 is 19.9 Å². The Labute approximate surface area is 269 Å². The van der Waals surface area contributed by atoms with Crippen molar-refractivity contribution in [3.63, 3.8) is 0 Å². The molecule has 1 fully saturated rings. The standard InChI is InChI=1S/C37H39N3O6/c1-26-10-8-16-31(18-26)40-24-35(46-37(40)44)34(42)22-30(19-27-11-4-2-5-12-27)21-33(41)32(20-28-13-6-3-7-14-28)39-36(43)45-25-29-15-9-17-38-23-29/h2-18,23,30,32-33,35,41H,19-22,24-25H2,1H3,(H,39,43)/t30-,32-,33-,35?/m0/s1. The molecule has 1 aliphatic rings. The Morgan fingerprint density at radius 1 is 0.957 bits per heavy atom. The normalized spacial score (nSPS) is 16.3. The topological polar surface area (TPSA) is 118 Å². The maximum absolute atomic E-state index is 13.6. The molecule has 4 atom stereocenters. The minimum atomic E-state index is -0.998. The average molecular weight is 622 g/mol. The third kappa shape index (κ3) is 9.25. The SMILES string of the molecule is Cc1cccc(N2CC(C(=O)C[C@@H](Cc3ccccc3)C[C@H](O)[C@H](Cc3ccccc3)NC(=O)OCc3cccnc3)OC2=O)c1. The number of aliphatic hydroxyl groups is 1. The van der Waals surface area contributed by atoms with Crippen LogP contribution < -0.4 is 10.2 Å². The first-order valence-corrected chi connectivity index (χ1v) is 15.5. The zero-order chi connectivity index (χ0) is 32.3. The number of cyclic esters (lactones) is 1. The van der Waals surface area contributed by atoms with Gasteiger partial charge in [-0.2, -0.15) is 0 Å². The van der Waals surface area contributed by atoms with E-state index < -0.39 is 30.4 Å². The van der Waals surface area contributed by atoms with Gasteiger partial charge in [0.1, 0.15) is 6.61 Å². The summed E-state index contributed by atoms with van der Waals surface area (Å²) in [5, 5.41) is 14.5. The van der Waals surface area contributed by atoms with E-state index in [9.17, 15) is 19.5 Å². The van der Waals surface area contributed by atoms with Crippen LogP contribution in [0.25, 0.3) is 0 Å². The number of anilines is 1. The highest BCUT2D eigenvalue weighted by molar-refractivity contribution is 5.96. The van der Waals surface area contributed by atoms with Crippen LogP contribution in [0.5, 0.6) is 0 Å². The van der Waals surface area contributed by atoms with Gasteiger partial charge in [-0.25, -0.2) is 9.59 Å². The van der Waals surface area contributed by atoms with Gasteiger partial charge in [-0.1, -0.05) is 78.9 Å². The summed E-state index contributed by atoms with van der Waals surface area (Å²) in [5.74, 6) is -0.497. The van der Waals surface area contributed by atoms with Crippen LogP contribution in [0.3, 0.4) is 0 Å².